The topological polar surface area (TPSA) is 115 Å². The number of oxazole rings is 1. The zero-order chi connectivity index (χ0) is 23.1. The Labute approximate surface area is 185 Å². The Balaban J connectivity index is 1.59. The largest absolute Gasteiger partial charge is 0.445 e. The van der Waals surface area contributed by atoms with Crippen LogP contribution >= 0.6 is 0 Å². The van der Waals surface area contributed by atoms with E-state index in [1.54, 1.807) is 19.2 Å². The highest BCUT2D eigenvalue weighted by Crippen LogP contribution is 2.46. The molecule has 0 radical (unpaired) electrons. The quantitative estimate of drug-likeness (QED) is 0.548. The standard InChI is InChI=1S/C22H24FN3O5S/c1-14-24-13-18(30-14)22(10-4-5-11-22)17-12-19(31-26-17)25-20(27)21(2,3)32(28,29)16-8-6-15(23)7-9-16/h6-9,12-13H,4-5,10-11H2,1-3H3,(H,25,27). The molecule has 2 aromatic heterocycles. The predicted molar refractivity (Wildman–Crippen MR) is 113 cm³/mol. The van der Waals surface area contributed by atoms with Gasteiger partial charge in [0.1, 0.15) is 16.3 Å². The van der Waals surface area contributed by atoms with E-state index in [9.17, 15) is 17.6 Å². The van der Waals surface area contributed by atoms with Gasteiger partial charge in [0.05, 0.1) is 22.2 Å². The number of rotatable bonds is 6. The third kappa shape index (κ3) is 3.62. The van der Waals surface area contributed by atoms with E-state index >= 15 is 0 Å². The van der Waals surface area contributed by atoms with Crippen molar-refractivity contribution in [1.82, 2.24) is 10.1 Å². The zero-order valence-corrected chi connectivity index (χ0v) is 18.8. The third-order valence-corrected chi connectivity index (χ3v) is 8.55. The fourth-order valence-corrected chi connectivity index (χ4v) is 5.42. The summed E-state index contributed by atoms with van der Waals surface area (Å²) in [5.41, 5.74) is 0.101. The summed E-state index contributed by atoms with van der Waals surface area (Å²) in [5.74, 6) is -0.0764. The Morgan fingerprint density at radius 3 is 2.44 bits per heavy atom. The molecule has 1 N–H and O–H groups in total. The highest BCUT2D eigenvalue weighted by molar-refractivity contribution is 7.93. The summed E-state index contributed by atoms with van der Waals surface area (Å²) in [5, 5.41) is 6.67. The Bertz CT molecular complexity index is 1240. The van der Waals surface area contributed by atoms with Crippen LogP contribution in [-0.2, 0) is 20.0 Å². The molecule has 8 nitrogen and oxygen atoms in total. The third-order valence-electron chi connectivity index (χ3n) is 6.13. The maximum Gasteiger partial charge on any atom is 0.248 e. The van der Waals surface area contributed by atoms with Gasteiger partial charge in [-0.25, -0.2) is 17.8 Å². The molecule has 2 heterocycles. The number of hydrogen-bond acceptors (Lipinski definition) is 7. The van der Waals surface area contributed by atoms with E-state index in [1.165, 1.54) is 13.8 Å². The number of aromatic nitrogens is 2. The van der Waals surface area contributed by atoms with Crippen molar-refractivity contribution in [1.29, 1.82) is 0 Å². The molecule has 4 rings (SSSR count). The minimum atomic E-state index is -4.10. The number of halogens is 1. The Morgan fingerprint density at radius 1 is 1.19 bits per heavy atom. The van der Waals surface area contributed by atoms with Gasteiger partial charge in [-0.05, 0) is 51.0 Å². The second-order valence-corrected chi connectivity index (χ2v) is 11.0. The molecule has 0 atom stereocenters. The van der Waals surface area contributed by atoms with Crippen LogP contribution in [0.3, 0.4) is 0 Å². The molecule has 10 heteroatoms. The number of anilines is 1. The lowest BCUT2D eigenvalue weighted by atomic mass is 9.80. The first-order valence-corrected chi connectivity index (χ1v) is 11.8. The summed E-state index contributed by atoms with van der Waals surface area (Å²) >= 11 is 0. The van der Waals surface area contributed by atoms with Gasteiger partial charge in [0, 0.05) is 13.0 Å². The molecule has 170 valence electrons. The molecule has 0 saturated heterocycles. The summed E-state index contributed by atoms with van der Waals surface area (Å²) in [6, 6.07) is 5.94. The molecule has 1 saturated carbocycles. The molecule has 0 aliphatic heterocycles. The van der Waals surface area contributed by atoms with Crippen LogP contribution in [0.2, 0.25) is 0 Å². The highest BCUT2D eigenvalue weighted by atomic mass is 32.2. The maximum absolute atomic E-state index is 13.2. The molecular weight excluding hydrogens is 437 g/mol. The van der Waals surface area contributed by atoms with Crippen LogP contribution in [-0.4, -0.2) is 29.2 Å². The summed E-state index contributed by atoms with van der Waals surface area (Å²) in [6.45, 7) is 4.34. The SMILES string of the molecule is Cc1ncc(C2(c3cc(NC(=O)C(C)(C)S(=O)(=O)c4ccc(F)cc4)on3)CCCC2)o1. The van der Waals surface area contributed by atoms with E-state index in [1.807, 2.05) is 0 Å². The van der Waals surface area contributed by atoms with Crippen LogP contribution in [0.4, 0.5) is 10.3 Å². The van der Waals surface area contributed by atoms with Crippen LogP contribution in [0.1, 0.15) is 56.9 Å². The molecule has 1 aromatic carbocycles. The van der Waals surface area contributed by atoms with Gasteiger partial charge in [0.2, 0.25) is 11.8 Å². The van der Waals surface area contributed by atoms with Crippen molar-refractivity contribution in [2.24, 2.45) is 0 Å². The van der Waals surface area contributed by atoms with Gasteiger partial charge >= 0.3 is 0 Å². The summed E-state index contributed by atoms with van der Waals surface area (Å²) in [7, 11) is -4.10. The predicted octanol–water partition coefficient (Wildman–Crippen LogP) is 4.16. The first kappa shape index (κ1) is 22.2. The van der Waals surface area contributed by atoms with Crippen molar-refractivity contribution in [3.63, 3.8) is 0 Å². The fraction of sp³-hybridized carbons (Fsp3) is 0.409. The van der Waals surface area contributed by atoms with Gasteiger partial charge in [-0.2, -0.15) is 0 Å². The Hall–Kier alpha value is -3.01. The summed E-state index contributed by atoms with van der Waals surface area (Å²) < 4.78 is 48.5. The lowest BCUT2D eigenvalue weighted by Crippen LogP contribution is -2.44. The summed E-state index contributed by atoms with van der Waals surface area (Å²) in [6.07, 6.45) is 5.25. The van der Waals surface area contributed by atoms with E-state index in [0.29, 0.717) is 17.3 Å². The van der Waals surface area contributed by atoms with E-state index in [4.69, 9.17) is 8.94 Å². The van der Waals surface area contributed by atoms with E-state index < -0.39 is 31.7 Å². The molecule has 0 spiro atoms. The minimum Gasteiger partial charge on any atom is -0.445 e. The highest BCUT2D eigenvalue weighted by Gasteiger charge is 2.45. The Morgan fingerprint density at radius 2 is 1.84 bits per heavy atom. The number of amides is 1. The van der Waals surface area contributed by atoms with Gasteiger partial charge in [0.15, 0.2) is 15.7 Å². The average Bonchev–Trinajstić information content (AvgIpc) is 3.49. The van der Waals surface area contributed by atoms with Gasteiger partial charge in [-0.3, -0.25) is 10.1 Å². The second-order valence-electron chi connectivity index (χ2n) is 8.53. The van der Waals surface area contributed by atoms with Gasteiger partial charge in [-0.1, -0.05) is 18.0 Å². The van der Waals surface area contributed by atoms with Crippen LogP contribution in [0, 0.1) is 12.7 Å². The number of benzene rings is 1. The number of hydrogen-bond donors (Lipinski definition) is 1. The van der Waals surface area contributed by atoms with E-state index in [2.05, 4.69) is 15.5 Å². The maximum atomic E-state index is 13.2. The number of aryl methyl sites for hydroxylation is 1. The van der Waals surface area contributed by atoms with Gasteiger partial charge in [-0.15, -0.1) is 0 Å². The summed E-state index contributed by atoms with van der Waals surface area (Å²) in [4.78, 5) is 17.0. The Kier molecular flexibility index (Phi) is 5.44. The second kappa shape index (κ2) is 7.84. The lowest BCUT2D eigenvalue weighted by Gasteiger charge is -2.23. The number of nitrogens with one attached hydrogen (secondary N) is 1. The fourth-order valence-electron chi connectivity index (χ4n) is 4.04. The van der Waals surface area contributed by atoms with E-state index in [-0.39, 0.29) is 10.8 Å². The van der Waals surface area contributed by atoms with Crippen molar-refractivity contribution in [2.75, 3.05) is 5.32 Å². The lowest BCUT2D eigenvalue weighted by molar-refractivity contribution is -0.118. The van der Waals surface area contributed by atoms with Crippen molar-refractivity contribution in [2.45, 2.75) is 61.5 Å². The van der Waals surface area contributed by atoms with Crippen molar-refractivity contribution < 1.29 is 26.5 Å². The molecule has 0 bridgehead atoms. The smallest absolute Gasteiger partial charge is 0.248 e. The van der Waals surface area contributed by atoms with Crippen LogP contribution in [0.15, 0.2) is 50.4 Å². The normalized spacial score (nSPS) is 16.2. The monoisotopic (exact) mass is 461 g/mol. The molecule has 3 aromatic rings. The first-order valence-electron chi connectivity index (χ1n) is 10.3. The molecule has 1 aliphatic rings. The average molecular weight is 462 g/mol. The molecule has 0 unspecified atom stereocenters. The number of nitrogens with zero attached hydrogens (tertiary/aromatic N) is 2. The van der Waals surface area contributed by atoms with Crippen molar-refractivity contribution in [3.05, 3.63) is 59.7 Å². The molecule has 1 amide bonds. The van der Waals surface area contributed by atoms with Gasteiger partial charge < -0.3 is 8.94 Å². The van der Waals surface area contributed by atoms with Crippen LogP contribution < -0.4 is 5.32 Å². The van der Waals surface area contributed by atoms with Crippen LogP contribution in [0.5, 0.6) is 0 Å². The van der Waals surface area contributed by atoms with Crippen molar-refractivity contribution in [3.8, 4) is 0 Å². The van der Waals surface area contributed by atoms with Crippen LogP contribution in [0.25, 0.3) is 0 Å². The number of carbonyl (C=O) groups excluding carboxylic acids is 1. The zero-order valence-electron chi connectivity index (χ0n) is 18.0. The molecular formula is C22H24FN3O5S. The van der Waals surface area contributed by atoms with E-state index in [0.717, 1.165) is 49.9 Å². The molecule has 1 fully saturated rings. The molecule has 32 heavy (non-hydrogen) atoms. The number of carbonyl (C=O) groups is 1. The van der Waals surface area contributed by atoms with Gasteiger partial charge in [0.25, 0.3) is 0 Å². The number of sulfone groups is 1. The molecule has 1 aliphatic carbocycles. The minimum absolute atomic E-state index is 0.0369. The first-order chi connectivity index (χ1) is 15.1. The van der Waals surface area contributed by atoms with Crippen molar-refractivity contribution >= 4 is 21.6 Å².